The number of carbonyl (C=O) groups is 1. The van der Waals surface area contributed by atoms with Gasteiger partial charge in [0.25, 0.3) is 0 Å². The highest BCUT2D eigenvalue weighted by Gasteiger charge is 2.46. The molecule has 4 heterocycles. The Morgan fingerprint density at radius 1 is 1.05 bits per heavy atom. The summed E-state index contributed by atoms with van der Waals surface area (Å²) >= 11 is 0. The number of nitrogens with zero attached hydrogens (tertiary/aromatic N) is 6. The van der Waals surface area contributed by atoms with E-state index >= 15 is 0 Å². The minimum Gasteiger partial charge on any atom is -0.493 e. The third-order valence-corrected chi connectivity index (χ3v) is 10.9. The molecule has 1 aliphatic carbocycles. The third kappa shape index (κ3) is 7.70. The first-order chi connectivity index (χ1) is 26.3. The first-order valence-electron chi connectivity index (χ1n) is 17.4. The molecule has 2 fully saturated rings. The predicted octanol–water partition coefficient (Wildman–Crippen LogP) is -0.515. The molecule has 21 heteroatoms. The van der Waals surface area contributed by atoms with Crippen LogP contribution in [0.1, 0.15) is 36.2 Å². The van der Waals surface area contributed by atoms with Gasteiger partial charge in [-0.25, -0.2) is 28.1 Å². The number of nitrogens with one attached hydrogen (secondary N) is 4. The zero-order valence-corrected chi connectivity index (χ0v) is 30.0. The van der Waals surface area contributed by atoms with Gasteiger partial charge in [0, 0.05) is 24.8 Å². The van der Waals surface area contributed by atoms with Gasteiger partial charge >= 0.3 is 11.7 Å². The Hall–Kier alpha value is -5.58. The number of amides is 2. The molecule has 11 N–H and O–H groups in total. The van der Waals surface area contributed by atoms with Crippen molar-refractivity contribution in [2.24, 2.45) is 5.14 Å². The van der Waals surface area contributed by atoms with Gasteiger partial charge in [0.05, 0.1) is 42.6 Å². The summed E-state index contributed by atoms with van der Waals surface area (Å²) in [5.74, 6) is -0.0166. The number of nitrogens with two attached hydrogens (primary N) is 1. The molecule has 3 aromatic heterocycles. The molecule has 0 spiro atoms. The summed E-state index contributed by atoms with van der Waals surface area (Å²) in [6.07, 6.45) is -0.556. The third-order valence-electron chi connectivity index (χ3n) is 9.97. The van der Waals surface area contributed by atoms with Gasteiger partial charge in [-0.05, 0) is 43.0 Å². The first kappa shape index (κ1) is 37.7. The molecule has 20 nitrogen and oxygen atoms in total. The van der Waals surface area contributed by atoms with Crippen molar-refractivity contribution in [2.75, 3.05) is 35.2 Å². The number of aliphatic hydroxyl groups is 4. The van der Waals surface area contributed by atoms with Crippen LogP contribution < -0.4 is 31.7 Å². The lowest BCUT2D eigenvalue weighted by Crippen LogP contribution is -2.40. The van der Waals surface area contributed by atoms with Gasteiger partial charge in [-0.2, -0.15) is 9.97 Å². The number of imidazole rings is 2. The van der Waals surface area contributed by atoms with Gasteiger partial charge in [-0.3, -0.25) is 4.57 Å². The molecule has 0 radical (unpaired) electrons. The normalized spacial score (nSPS) is 21.9. The maximum atomic E-state index is 12.9. The number of aromatic amines is 1. The van der Waals surface area contributed by atoms with E-state index < -0.39 is 64.6 Å². The minimum atomic E-state index is -3.97. The number of fused-ring (bicyclic) bond motifs is 1. The topological polar surface area (TPSA) is 299 Å². The maximum Gasteiger partial charge on any atom is 0.329 e. The average molecular weight is 780 g/mol. The molecule has 7 rings (SSSR count). The summed E-state index contributed by atoms with van der Waals surface area (Å²) in [6, 6.07) is 11.8. The molecule has 1 aliphatic heterocycles. The number of hydrogen-bond donors (Lipinski definition) is 10. The van der Waals surface area contributed by atoms with Crippen molar-refractivity contribution in [3.05, 3.63) is 82.7 Å². The number of aliphatic hydroxyl groups excluding tert-OH is 4. The van der Waals surface area contributed by atoms with E-state index in [1.54, 1.807) is 4.57 Å². The quantitative estimate of drug-likeness (QED) is 0.0763. The Labute approximate surface area is 313 Å². The summed E-state index contributed by atoms with van der Waals surface area (Å²) in [5.41, 5.74) is 0.886. The van der Waals surface area contributed by atoms with Crippen molar-refractivity contribution in [1.82, 2.24) is 34.4 Å². The van der Waals surface area contributed by atoms with E-state index in [-0.39, 0.29) is 59.3 Å². The summed E-state index contributed by atoms with van der Waals surface area (Å²) < 4.78 is 26.0. The van der Waals surface area contributed by atoms with E-state index in [4.69, 9.17) is 15.1 Å². The van der Waals surface area contributed by atoms with E-state index in [1.807, 2.05) is 35.2 Å². The number of sulfonamides is 1. The molecule has 292 valence electrons. The van der Waals surface area contributed by atoms with Crippen LogP contribution in [-0.2, 0) is 23.1 Å². The molecule has 1 saturated heterocycles. The van der Waals surface area contributed by atoms with Crippen LogP contribution in [-0.4, -0.2) is 113 Å². The molecule has 1 saturated carbocycles. The van der Waals surface area contributed by atoms with Crippen LogP contribution in [0.4, 0.5) is 22.2 Å². The van der Waals surface area contributed by atoms with Crippen molar-refractivity contribution < 1.29 is 38.7 Å². The second-order valence-corrected chi connectivity index (χ2v) is 15.2. The molecule has 2 amide bonds. The highest BCUT2D eigenvalue weighted by atomic mass is 32.2. The molecule has 6 atom stereocenters. The van der Waals surface area contributed by atoms with Crippen LogP contribution in [0.2, 0.25) is 0 Å². The van der Waals surface area contributed by atoms with Gasteiger partial charge in [-0.1, -0.05) is 36.4 Å². The Morgan fingerprint density at radius 2 is 1.82 bits per heavy atom. The Kier molecular flexibility index (Phi) is 10.5. The van der Waals surface area contributed by atoms with Crippen LogP contribution in [0, 0.1) is 0 Å². The molecule has 2 aromatic carbocycles. The fourth-order valence-electron chi connectivity index (χ4n) is 7.23. The minimum absolute atomic E-state index is 0.0235. The lowest BCUT2D eigenvalue weighted by Gasteiger charge is -2.22. The summed E-state index contributed by atoms with van der Waals surface area (Å²) in [4.78, 5) is 43.9. The molecule has 0 bridgehead atoms. The van der Waals surface area contributed by atoms with Crippen LogP contribution in [0.25, 0.3) is 11.2 Å². The van der Waals surface area contributed by atoms with Crippen LogP contribution in [0.3, 0.4) is 0 Å². The van der Waals surface area contributed by atoms with Crippen molar-refractivity contribution in [3.63, 3.8) is 0 Å². The zero-order chi connectivity index (χ0) is 39.0. The molecular weight excluding hydrogens is 739 g/mol. The number of H-pyrrole nitrogens is 1. The summed E-state index contributed by atoms with van der Waals surface area (Å²) in [5, 5.41) is 67.0. The second-order valence-electron chi connectivity index (χ2n) is 13.6. The molecule has 55 heavy (non-hydrogen) atoms. The van der Waals surface area contributed by atoms with E-state index in [0.29, 0.717) is 24.9 Å². The standard InChI is InChI=1S/C34H41N11O9S/c35-55(53,54)22-8-4-7-19(12-22)38-33(51)39-20-9-10-43(14-20)32-41-29(37-21(15-46)11-18-5-2-1-3-6-18)26-30(42-32)44(17-36-26)24-13-25(28(49)27(24)48)45-31(50)23(16-47)40-34(45)52/h1-8,12,17,20-21,24-25,27-28,46-50H,9-11,13-16H2,(H,40,52)(H2,35,53,54)(H,37,41,42)(H2,38,39,51)/t20?,21-,24+,25-,27-,28+/m0/s1. The van der Waals surface area contributed by atoms with Crippen molar-refractivity contribution in [2.45, 2.75) is 67.1 Å². The van der Waals surface area contributed by atoms with E-state index in [2.05, 4.69) is 25.9 Å². The highest BCUT2D eigenvalue weighted by Crippen LogP contribution is 2.41. The summed E-state index contributed by atoms with van der Waals surface area (Å²) in [6.45, 7) is -0.182. The Balaban J connectivity index is 1.17. The van der Waals surface area contributed by atoms with Crippen LogP contribution in [0.15, 0.2) is 70.6 Å². The smallest absolute Gasteiger partial charge is 0.329 e. The van der Waals surface area contributed by atoms with Crippen molar-refractivity contribution in [1.29, 1.82) is 0 Å². The number of urea groups is 1. The van der Waals surface area contributed by atoms with Gasteiger partial charge in [-0.15, -0.1) is 0 Å². The number of anilines is 3. The van der Waals surface area contributed by atoms with Gasteiger partial charge in [0.2, 0.25) is 21.9 Å². The van der Waals surface area contributed by atoms with Gasteiger partial charge < -0.3 is 55.9 Å². The van der Waals surface area contributed by atoms with E-state index in [0.717, 1.165) is 10.1 Å². The number of benzene rings is 2. The van der Waals surface area contributed by atoms with Crippen molar-refractivity contribution >= 4 is 44.7 Å². The van der Waals surface area contributed by atoms with Crippen LogP contribution >= 0.6 is 0 Å². The van der Waals surface area contributed by atoms with Gasteiger partial charge in [0.1, 0.15) is 17.9 Å². The lowest BCUT2D eigenvalue weighted by molar-refractivity contribution is 0.00758. The van der Waals surface area contributed by atoms with Crippen molar-refractivity contribution in [3.8, 4) is 5.88 Å². The number of rotatable bonds is 12. The highest BCUT2D eigenvalue weighted by molar-refractivity contribution is 7.89. The lowest BCUT2D eigenvalue weighted by atomic mass is 10.1. The largest absolute Gasteiger partial charge is 0.493 e. The monoisotopic (exact) mass is 779 g/mol. The average Bonchev–Trinajstić information content (AvgIpc) is 3.93. The van der Waals surface area contributed by atoms with E-state index in [9.17, 15) is 43.5 Å². The zero-order valence-electron chi connectivity index (χ0n) is 29.2. The molecular formula is C34H41N11O9S. The number of hydrogen-bond acceptors (Lipinski definition) is 14. The number of aromatic nitrogens is 6. The second kappa shape index (κ2) is 15.3. The Morgan fingerprint density at radius 3 is 2.53 bits per heavy atom. The molecule has 1 unspecified atom stereocenters. The number of carbonyl (C=O) groups excluding carboxylic acids is 1. The fraction of sp³-hybridized carbons (Fsp3) is 0.382. The number of aromatic hydroxyl groups is 1. The summed E-state index contributed by atoms with van der Waals surface area (Å²) in [7, 11) is -3.97. The maximum absolute atomic E-state index is 12.9. The first-order valence-corrected chi connectivity index (χ1v) is 19.0. The molecule has 5 aromatic rings. The predicted molar refractivity (Wildman–Crippen MR) is 198 cm³/mol. The molecule has 2 aliphatic rings. The fourth-order valence-corrected chi connectivity index (χ4v) is 7.79. The van der Waals surface area contributed by atoms with E-state index in [1.165, 1.54) is 30.6 Å². The number of primary sulfonamides is 1. The SMILES string of the molecule is NS(=O)(=O)c1cccc(NC(=O)NC2CCN(c3nc(N[C@H](CO)Cc4ccccc4)c4ncn([C@@H]5C[C@H](n6c(O)c(CO)[nH]c6=O)[C@@H](O)[C@H]5O)c4n3)C2)c1. The van der Waals surface area contributed by atoms with Crippen LogP contribution in [0.5, 0.6) is 5.88 Å². The Bertz CT molecular complexity index is 2350. The van der Waals surface area contributed by atoms with Gasteiger partial charge in [0.15, 0.2) is 17.0 Å².